The van der Waals surface area contributed by atoms with E-state index < -0.39 is 0 Å². The second-order valence-corrected chi connectivity index (χ2v) is 7.12. The van der Waals surface area contributed by atoms with Crippen LogP contribution >= 0.6 is 0 Å². The molecule has 21 heavy (non-hydrogen) atoms. The highest BCUT2D eigenvalue weighted by Crippen LogP contribution is 2.47. The van der Waals surface area contributed by atoms with Gasteiger partial charge in [0.05, 0.1) is 0 Å². The molecule has 1 heterocycles. The predicted molar refractivity (Wildman–Crippen MR) is 91.0 cm³/mol. The minimum Gasteiger partial charge on any atom is -0.380 e. The molecule has 1 atom stereocenters. The molecule has 1 nitrogen and oxygen atoms in total. The molecule has 0 spiro atoms. The van der Waals surface area contributed by atoms with E-state index in [-0.39, 0.29) is 11.0 Å². The number of aryl methyl sites for hydroxylation is 1. The zero-order valence-corrected chi connectivity index (χ0v) is 13.5. The molecule has 0 saturated heterocycles. The van der Waals surface area contributed by atoms with Crippen molar-refractivity contribution in [3.8, 4) is 0 Å². The van der Waals surface area contributed by atoms with Crippen LogP contribution in [-0.2, 0) is 11.8 Å². The van der Waals surface area contributed by atoms with Gasteiger partial charge in [0.1, 0.15) is 0 Å². The monoisotopic (exact) mass is 279 g/mol. The van der Waals surface area contributed by atoms with Crippen molar-refractivity contribution in [2.45, 2.75) is 51.5 Å². The molecule has 2 aromatic carbocycles. The van der Waals surface area contributed by atoms with Crippen LogP contribution < -0.4 is 5.32 Å². The van der Waals surface area contributed by atoms with Gasteiger partial charge < -0.3 is 5.32 Å². The minimum absolute atomic E-state index is 0.0660. The smallest absolute Gasteiger partial charge is 0.0386 e. The molecule has 0 unspecified atom stereocenters. The van der Waals surface area contributed by atoms with E-state index >= 15 is 0 Å². The molecule has 0 saturated carbocycles. The molecule has 110 valence electrons. The number of nitrogens with one attached hydrogen (secondary N) is 1. The number of anilines is 1. The lowest BCUT2D eigenvalue weighted by Crippen LogP contribution is -2.45. The number of fused-ring (bicyclic) bond motifs is 1. The first-order valence-electron chi connectivity index (χ1n) is 7.92. The summed E-state index contributed by atoms with van der Waals surface area (Å²) < 4.78 is 0. The zero-order valence-electron chi connectivity index (χ0n) is 13.5. The van der Waals surface area contributed by atoms with Crippen molar-refractivity contribution in [3.05, 3.63) is 65.2 Å². The fraction of sp³-hybridized carbons (Fsp3) is 0.400. The van der Waals surface area contributed by atoms with E-state index in [0.29, 0.717) is 0 Å². The molecule has 0 aliphatic carbocycles. The Kier molecular flexibility index (Phi) is 3.32. The summed E-state index contributed by atoms with van der Waals surface area (Å²) in [5.74, 6) is 0. The standard InChI is InChI=1S/C20H25N/c1-5-15-11-12-18-17(13-15)20(4,14-19(2,3)21-18)16-9-7-6-8-10-16/h6-13,21H,5,14H2,1-4H3/t20-/m0/s1. The van der Waals surface area contributed by atoms with Crippen molar-refractivity contribution in [1.29, 1.82) is 0 Å². The molecule has 0 aromatic heterocycles. The minimum atomic E-state index is 0.0660. The maximum absolute atomic E-state index is 3.71. The van der Waals surface area contributed by atoms with Crippen LogP contribution in [0.4, 0.5) is 5.69 Å². The highest BCUT2D eigenvalue weighted by molar-refractivity contribution is 5.63. The third kappa shape index (κ3) is 2.46. The van der Waals surface area contributed by atoms with Gasteiger partial charge in [-0.2, -0.15) is 0 Å². The van der Waals surface area contributed by atoms with Crippen molar-refractivity contribution in [1.82, 2.24) is 0 Å². The third-order valence-electron chi connectivity index (χ3n) is 4.77. The van der Waals surface area contributed by atoms with E-state index in [9.17, 15) is 0 Å². The summed E-state index contributed by atoms with van der Waals surface area (Å²) in [6, 6.07) is 17.8. The van der Waals surface area contributed by atoms with Crippen LogP contribution in [0, 0.1) is 0 Å². The van der Waals surface area contributed by atoms with Gasteiger partial charge in [-0.1, -0.05) is 56.3 Å². The third-order valence-corrected chi connectivity index (χ3v) is 4.77. The average molecular weight is 279 g/mol. The van der Waals surface area contributed by atoms with Crippen LogP contribution in [0.2, 0.25) is 0 Å². The molecule has 3 rings (SSSR count). The van der Waals surface area contributed by atoms with Crippen molar-refractivity contribution in [3.63, 3.8) is 0 Å². The van der Waals surface area contributed by atoms with E-state index in [1.54, 1.807) is 0 Å². The topological polar surface area (TPSA) is 12.0 Å². The molecule has 1 aliphatic heterocycles. The van der Waals surface area contributed by atoms with E-state index in [4.69, 9.17) is 0 Å². The normalized spacial score (nSPS) is 23.2. The largest absolute Gasteiger partial charge is 0.380 e. The summed E-state index contributed by atoms with van der Waals surface area (Å²) in [6.07, 6.45) is 2.19. The summed E-state index contributed by atoms with van der Waals surface area (Å²) in [4.78, 5) is 0. The highest BCUT2D eigenvalue weighted by Gasteiger charge is 2.41. The Morgan fingerprint density at radius 1 is 1.00 bits per heavy atom. The van der Waals surface area contributed by atoms with E-state index in [2.05, 4.69) is 81.5 Å². The number of benzene rings is 2. The lowest BCUT2D eigenvalue weighted by atomic mass is 9.66. The average Bonchev–Trinajstić information content (AvgIpc) is 2.47. The maximum atomic E-state index is 3.71. The van der Waals surface area contributed by atoms with Crippen LogP contribution in [0.3, 0.4) is 0 Å². The van der Waals surface area contributed by atoms with Crippen molar-refractivity contribution < 1.29 is 0 Å². The summed E-state index contributed by atoms with van der Waals surface area (Å²) >= 11 is 0. The van der Waals surface area contributed by atoms with Gasteiger partial charge in [-0.25, -0.2) is 0 Å². The first-order valence-corrected chi connectivity index (χ1v) is 7.92. The summed E-state index contributed by atoms with van der Waals surface area (Å²) in [6.45, 7) is 9.21. The van der Waals surface area contributed by atoms with Crippen LogP contribution in [0.5, 0.6) is 0 Å². The molecule has 1 aliphatic rings. The molecule has 0 bridgehead atoms. The quantitative estimate of drug-likeness (QED) is 0.801. The molecule has 0 radical (unpaired) electrons. The summed E-state index contributed by atoms with van der Waals surface area (Å²) in [5, 5.41) is 3.71. The van der Waals surface area contributed by atoms with Crippen LogP contribution in [-0.4, -0.2) is 5.54 Å². The molecular weight excluding hydrogens is 254 g/mol. The SMILES string of the molecule is CCc1ccc2c(c1)[C@](C)(c1ccccc1)CC(C)(C)N2. The molecular formula is C20H25N. The van der Waals surface area contributed by atoms with Gasteiger partial charge in [0, 0.05) is 16.6 Å². The predicted octanol–water partition coefficient (Wildman–Crippen LogP) is 5.15. The first-order chi connectivity index (χ1) is 9.94. The van der Waals surface area contributed by atoms with Crippen LogP contribution in [0.15, 0.2) is 48.5 Å². The van der Waals surface area contributed by atoms with Crippen LogP contribution in [0.25, 0.3) is 0 Å². The van der Waals surface area contributed by atoms with Gasteiger partial charge >= 0.3 is 0 Å². The Morgan fingerprint density at radius 3 is 2.38 bits per heavy atom. The molecule has 1 heteroatoms. The van der Waals surface area contributed by atoms with Crippen LogP contribution in [0.1, 0.15) is 50.8 Å². The van der Waals surface area contributed by atoms with Crippen molar-refractivity contribution in [2.24, 2.45) is 0 Å². The van der Waals surface area contributed by atoms with Gasteiger partial charge in [0.25, 0.3) is 0 Å². The Bertz CT molecular complexity index is 642. The van der Waals surface area contributed by atoms with E-state index in [1.807, 2.05) is 0 Å². The molecule has 1 N–H and O–H groups in total. The Morgan fingerprint density at radius 2 is 1.71 bits per heavy atom. The lowest BCUT2D eigenvalue weighted by molar-refractivity contribution is 0.378. The number of rotatable bonds is 2. The van der Waals surface area contributed by atoms with Gasteiger partial charge in [-0.15, -0.1) is 0 Å². The van der Waals surface area contributed by atoms with Crippen molar-refractivity contribution in [2.75, 3.05) is 5.32 Å². The Labute approximate surface area is 128 Å². The molecule has 0 fully saturated rings. The van der Waals surface area contributed by atoms with Gasteiger partial charge in [-0.05, 0) is 49.4 Å². The fourth-order valence-corrected chi connectivity index (χ4v) is 3.83. The Hall–Kier alpha value is -1.76. The summed E-state index contributed by atoms with van der Waals surface area (Å²) in [5.41, 5.74) is 5.72. The molecule has 2 aromatic rings. The number of hydrogen-bond donors (Lipinski definition) is 1. The van der Waals surface area contributed by atoms with Gasteiger partial charge in [-0.3, -0.25) is 0 Å². The van der Waals surface area contributed by atoms with Gasteiger partial charge in [0.2, 0.25) is 0 Å². The highest BCUT2D eigenvalue weighted by atomic mass is 15.0. The fourth-order valence-electron chi connectivity index (χ4n) is 3.83. The van der Waals surface area contributed by atoms with E-state index in [0.717, 1.165) is 12.8 Å². The number of hydrogen-bond acceptors (Lipinski definition) is 1. The molecule has 0 amide bonds. The second-order valence-electron chi connectivity index (χ2n) is 7.12. The Balaban J connectivity index is 2.21. The first kappa shape index (κ1) is 14.2. The zero-order chi connectivity index (χ0) is 15.1. The second kappa shape index (κ2) is 4.91. The maximum Gasteiger partial charge on any atom is 0.0386 e. The van der Waals surface area contributed by atoms with E-state index in [1.165, 1.54) is 22.4 Å². The lowest BCUT2D eigenvalue weighted by Gasteiger charge is -2.46. The van der Waals surface area contributed by atoms with Crippen molar-refractivity contribution >= 4 is 5.69 Å². The van der Waals surface area contributed by atoms with Gasteiger partial charge in [0.15, 0.2) is 0 Å². The summed E-state index contributed by atoms with van der Waals surface area (Å²) in [7, 11) is 0.